The average Bonchev–Trinajstić information content (AvgIpc) is 2.88. The van der Waals surface area contributed by atoms with Crippen molar-refractivity contribution in [1.29, 1.82) is 0 Å². The van der Waals surface area contributed by atoms with E-state index in [2.05, 4.69) is 24.2 Å². The third kappa shape index (κ3) is 2.80. The first-order valence-corrected chi connectivity index (χ1v) is 6.75. The van der Waals surface area contributed by atoms with Crippen LogP contribution >= 0.6 is 0 Å². The first-order valence-electron chi connectivity index (χ1n) is 6.75. The van der Waals surface area contributed by atoms with Gasteiger partial charge in [0.1, 0.15) is 0 Å². The van der Waals surface area contributed by atoms with Gasteiger partial charge in [0.2, 0.25) is 5.91 Å². The Morgan fingerprint density at radius 3 is 2.76 bits per heavy atom. The van der Waals surface area contributed by atoms with Crippen molar-refractivity contribution in [3.05, 3.63) is 0 Å². The third-order valence-corrected chi connectivity index (χ3v) is 4.37. The second-order valence-electron chi connectivity index (χ2n) is 5.74. The van der Waals surface area contributed by atoms with Crippen LogP contribution in [0.4, 0.5) is 0 Å². The summed E-state index contributed by atoms with van der Waals surface area (Å²) in [7, 11) is 4.12. The van der Waals surface area contributed by atoms with E-state index < -0.39 is 0 Å². The van der Waals surface area contributed by atoms with E-state index in [1.54, 1.807) is 0 Å². The zero-order chi connectivity index (χ0) is 12.4. The van der Waals surface area contributed by atoms with Crippen LogP contribution in [0.3, 0.4) is 0 Å². The van der Waals surface area contributed by atoms with Gasteiger partial charge in [-0.15, -0.1) is 0 Å². The van der Waals surface area contributed by atoms with Crippen molar-refractivity contribution in [2.75, 3.05) is 40.3 Å². The van der Waals surface area contributed by atoms with Crippen molar-refractivity contribution in [3.8, 4) is 0 Å². The highest BCUT2D eigenvalue weighted by Crippen LogP contribution is 2.20. The molecular weight excluding hydrogens is 214 g/mol. The molecule has 0 saturated carbocycles. The van der Waals surface area contributed by atoms with Crippen molar-refractivity contribution in [3.63, 3.8) is 0 Å². The molecule has 98 valence electrons. The van der Waals surface area contributed by atoms with E-state index in [-0.39, 0.29) is 5.92 Å². The van der Waals surface area contributed by atoms with Crippen LogP contribution in [0.5, 0.6) is 0 Å². The summed E-state index contributed by atoms with van der Waals surface area (Å²) in [5.41, 5.74) is 0. The van der Waals surface area contributed by atoms with Gasteiger partial charge in [-0.1, -0.05) is 6.92 Å². The summed E-state index contributed by atoms with van der Waals surface area (Å²) in [6, 6.07) is 0.564. The fraction of sp³-hybridized carbons (Fsp3) is 0.923. The predicted molar refractivity (Wildman–Crippen MR) is 68.8 cm³/mol. The molecule has 1 N–H and O–H groups in total. The summed E-state index contributed by atoms with van der Waals surface area (Å²) in [4.78, 5) is 16.6. The van der Waals surface area contributed by atoms with Crippen molar-refractivity contribution >= 4 is 5.91 Å². The number of carbonyl (C=O) groups excluding carboxylic acids is 1. The minimum Gasteiger partial charge on any atom is -0.344 e. The van der Waals surface area contributed by atoms with Crippen molar-refractivity contribution in [2.45, 2.75) is 25.8 Å². The van der Waals surface area contributed by atoms with E-state index in [0.29, 0.717) is 17.9 Å². The van der Waals surface area contributed by atoms with Crippen molar-refractivity contribution in [1.82, 2.24) is 15.1 Å². The monoisotopic (exact) mass is 239 g/mol. The van der Waals surface area contributed by atoms with Crippen LogP contribution in [0, 0.1) is 11.8 Å². The van der Waals surface area contributed by atoms with Gasteiger partial charge in [-0.3, -0.25) is 4.79 Å². The first-order chi connectivity index (χ1) is 8.09. The standard InChI is InChI=1S/C13H25N3O/c1-10-7-14-8-12(10)13(17)16(3)9-11-5-4-6-15(11)2/h10-12,14H,4-9H2,1-3H3. The van der Waals surface area contributed by atoms with Crippen LogP contribution in [0.1, 0.15) is 19.8 Å². The first kappa shape index (κ1) is 12.8. The number of hydrogen-bond donors (Lipinski definition) is 1. The topological polar surface area (TPSA) is 35.6 Å². The number of carbonyl (C=O) groups is 1. The van der Waals surface area contributed by atoms with E-state index >= 15 is 0 Å². The number of rotatable bonds is 3. The van der Waals surface area contributed by atoms with Gasteiger partial charge in [-0.25, -0.2) is 0 Å². The predicted octanol–water partition coefficient (Wildman–Crippen LogP) is 0.395. The lowest BCUT2D eigenvalue weighted by Gasteiger charge is -2.28. The largest absolute Gasteiger partial charge is 0.344 e. The van der Waals surface area contributed by atoms with Crippen LogP contribution in [0.15, 0.2) is 0 Å². The molecule has 2 rings (SSSR count). The summed E-state index contributed by atoms with van der Waals surface area (Å²) in [5.74, 6) is 0.987. The lowest BCUT2D eigenvalue weighted by Crippen LogP contribution is -2.43. The molecule has 0 aliphatic carbocycles. The Labute approximate surface area is 104 Å². The highest BCUT2D eigenvalue weighted by Gasteiger charge is 2.33. The van der Waals surface area contributed by atoms with Gasteiger partial charge in [0, 0.05) is 26.2 Å². The molecule has 0 bridgehead atoms. The average molecular weight is 239 g/mol. The number of nitrogens with one attached hydrogen (secondary N) is 1. The molecule has 2 fully saturated rings. The summed E-state index contributed by atoms with van der Waals surface area (Å²) in [6.07, 6.45) is 2.50. The van der Waals surface area contributed by atoms with Crippen LogP contribution in [0.2, 0.25) is 0 Å². The fourth-order valence-electron chi connectivity index (χ4n) is 3.04. The molecule has 4 nitrogen and oxygen atoms in total. The maximum Gasteiger partial charge on any atom is 0.227 e. The van der Waals surface area contributed by atoms with E-state index in [1.165, 1.54) is 19.4 Å². The van der Waals surface area contributed by atoms with Crippen LogP contribution in [0.25, 0.3) is 0 Å². The van der Waals surface area contributed by atoms with E-state index in [1.807, 2.05) is 11.9 Å². The summed E-state index contributed by atoms with van der Waals surface area (Å²) in [5, 5.41) is 3.30. The molecule has 2 aliphatic rings. The van der Waals surface area contributed by atoms with Crippen LogP contribution in [-0.2, 0) is 4.79 Å². The lowest BCUT2D eigenvalue weighted by atomic mass is 9.96. The molecule has 2 saturated heterocycles. The van der Waals surface area contributed by atoms with Gasteiger partial charge >= 0.3 is 0 Å². The summed E-state index contributed by atoms with van der Waals surface area (Å²) < 4.78 is 0. The molecule has 17 heavy (non-hydrogen) atoms. The molecular formula is C13H25N3O. The Balaban J connectivity index is 1.86. The second-order valence-corrected chi connectivity index (χ2v) is 5.74. The Kier molecular flexibility index (Phi) is 4.05. The lowest BCUT2D eigenvalue weighted by molar-refractivity contribution is -0.135. The smallest absolute Gasteiger partial charge is 0.227 e. The molecule has 3 unspecified atom stereocenters. The normalized spacial score (nSPS) is 34.2. The summed E-state index contributed by atoms with van der Waals surface area (Å²) in [6.45, 7) is 6.06. The zero-order valence-electron chi connectivity index (χ0n) is 11.3. The SMILES string of the molecule is CC1CNCC1C(=O)N(C)CC1CCCN1C. The van der Waals surface area contributed by atoms with Crippen molar-refractivity contribution < 1.29 is 4.79 Å². The minimum absolute atomic E-state index is 0.187. The van der Waals surface area contributed by atoms with Gasteiger partial charge < -0.3 is 15.1 Å². The molecule has 0 radical (unpaired) electrons. The maximum absolute atomic E-state index is 12.3. The summed E-state index contributed by atoms with van der Waals surface area (Å²) >= 11 is 0. The molecule has 3 atom stereocenters. The van der Waals surface area contributed by atoms with Crippen molar-refractivity contribution in [2.24, 2.45) is 11.8 Å². The number of hydrogen-bond acceptors (Lipinski definition) is 3. The minimum atomic E-state index is 0.187. The molecule has 0 aromatic carbocycles. The molecule has 2 aliphatic heterocycles. The van der Waals surface area contributed by atoms with Gasteiger partial charge in [0.05, 0.1) is 5.92 Å². The Morgan fingerprint density at radius 1 is 1.47 bits per heavy atom. The highest BCUT2D eigenvalue weighted by molar-refractivity contribution is 5.79. The second kappa shape index (κ2) is 5.36. The molecule has 0 aromatic rings. The number of nitrogens with zero attached hydrogens (tertiary/aromatic N) is 2. The number of amides is 1. The van der Waals surface area contributed by atoms with E-state index in [0.717, 1.165) is 19.6 Å². The van der Waals surface area contributed by atoms with E-state index in [9.17, 15) is 4.79 Å². The van der Waals surface area contributed by atoms with Crippen LogP contribution in [-0.4, -0.2) is 62.0 Å². The molecule has 2 heterocycles. The Morgan fingerprint density at radius 2 is 2.24 bits per heavy atom. The molecule has 4 heteroatoms. The van der Waals surface area contributed by atoms with Gasteiger partial charge in [-0.05, 0) is 38.9 Å². The number of likely N-dealkylation sites (tertiary alicyclic amines) is 1. The van der Waals surface area contributed by atoms with Gasteiger partial charge in [0.15, 0.2) is 0 Å². The molecule has 0 spiro atoms. The maximum atomic E-state index is 12.3. The van der Waals surface area contributed by atoms with E-state index in [4.69, 9.17) is 0 Å². The zero-order valence-corrected chi connectivity index (χ0v) is 11.3. The Bertz CT molecular complexity index is 282. The van der Waals surface area contributed by atoms with Gasteiger partial charge in [-0.2, -0.15) is 0 Å². The van der Waals surface area contributed by atoms with Crippen LogP contribution < -0.4 is 5.32 Å². The molecule has 1 amide bonds. The number of likely N-dealkylation sites (N-methyl/N-ethyl adjacent to an activating group) is 2. The Hall–Kier alpha value is -0.610. The fourth-order valence-corrected chi connectivity index (χ4v) is 3.04. The van der Waals surface area contributed by atoms with Gasteiger partial charge in [0.25, 0.3) is 0 Å². The molecule has 0 aromatic heterocycles. The third-order valence-electron chi connectivity index (χ3n) is 4.37. The quantitative estimate of drug-likeness (QED) is 0.774. The highest BCUT2D eigenvalue weighted by atomic mass is 16.2.